The number of rotatable bonds is 4. The van der Waals surface area contributed by atoms with Gasteiger partial charge in [0.15, 0.2) is 0 Å². The van der Waals surface area contributed by atoms with Crippen molar-refractivity contribution < 1.29 is 15.0 Å². The van der Waals surface area contributed by atoms with Crippen LogP contribution in [0, 0.1) is 0 Å². The average molecular weight is 304 g/mol. The highest BCUT2D eigenvalue weighted by atomic mass is 16.3. The zero-order chi connectivity index (χ0) is 16.2. The standard InChI is InChI=1S/C20H16O3/c21-13-15-2-1-3-17(11-15)16-6-4-14(5-7-16)10-18-12-19(22)8-9-20(18)23/h1-9,11-13,22-23H,10H2. The van der Waals surface area contributed by atoms with Gasteiger partial charge in [0.05, 0.1) is 0 Å². The number of carbonyl (C=O) groups is 1. The zero-order valence-corrected chi connectivity index (χ0v) is 12.4. The highest BCUT2D eigenvalue weighted by Gasteiger charge is 2.05. The molecule has 0 aromatic heterocycles. The molecule has 0 saturated heterocycles. The van der Waals surface area contributed by atoms with Gasteiger partial charge in [0.1, 0.15) is 17.8 Å². The Balaban J connectivity index is 1.84. The van der Waals surface area contributed by atoms with Gasteiger partial charge in [-0.3, -0.25) is 4.79 Å². The quantitative estimate of drug-likeness (QED) is 0.562. The maximum atomic E-state index is 10.9. The first-order chi connectivity index (χ1) is 11.2. The summed E-state index contributed by atoms with van der Waals surface area (Å²) in [6.07, 6.45) is 1.37. The SMILES string of the molecule is O=Cc1cccc(-c2ccc(Cc3cc(O)ccc3O)cc2)c1. The van der Waals surface area contributed by atoms with Gasteiger partial charge in [-0.25, -0.2) is 0 Å². The van der Waals surface area contributed by atoms with E-state index in [0.29, 0.717) is 17.5 Å². The lowest BCUT2D eigenvalue weighted by atomic mass is 9.99. The van der Waals surface area contributed by atoms with Crippen LogP contribution >= 0.6 is 0 Å². The van der Waals surface area contributed by atoms with Crippen molar-refractivity contribution in [3.63, 3.8) is 0 Å². The zero-order valence-electron chi connectivity index (χ0n) is 12.4. The largest absolute Gasteiger partial charge is 0.508 e. The molecule has 0 radical (unpaired) electrons. The summed E-state index contributed by atoms with van der Waals surface area (Å²) in [5.41, 5.74) is 4.37. The first-order valence-electron chi connectivity index (χ1n) is 7.31. The Morgan fingerprint density at radius 3 is 2.35 bits per heavy atom. The lowest BCUT2D eigenvalue weighted by Gasteiger charge is -2.07. The maximum absolute atomic E-state index is 10.9. The van der Waals surface area contributed by atoms with Gasteiger partial charge in [-0.2, -0.15) is 0 Å². The summed E-state index contributed by atoms with van der Waals surface area (Å²) in [5.74, 6) is 0.311. The van der Waals surface area contributed by atoms with Crippen LogP contribution in [0.2, 0.25) is 0 Å². The van der Waals surface area contributed by atoms with Crippen LogP contribution in [0.15, 0.2) is 66.7 Å². The van der Waals surface area contributed by atoms with E-state index in [9.17, 15) is 15.0 Å². The average Bonchev–Trinajstić information content (AvgIpc) is 2.59. The summed E-state index contributed by atoms with van der Waals surface area (Å²) in [4.78, 5) is 10.9. The fraction of sp³-hybridized carbons (Fsp3) is 0.0500. The van der Waals surface area contributed by atoms with Gasteiger partial charge < -0.3 is 10.2 Å². The lowest BCUT2D eigenvalue weighted by Crippen LogP contribution is -1.89. The molecule has 0 amide bonds. The molecule has 3 aromatic carbocycles. The summed E-state index contributed by atoms with van der Waals surface area (Å²) in [6, 6.07) is 19.9. The highest BCUT2D eigenvalue weighted by molar-refractivity contribution is 5.78. The van der Waals surface area contributed by atoms with E-state index < -0.39 is 0 Å². The van der Waals surface area contributed by atoms with Crippen molar-refractivity contribution in [2.24, 2.45) is 0 Å². The van der Waals surface area contributed by atoms with Crippen molar-refractivity contribution in [2.75, 3.05) is 0 Å². The molecule has 2 N–H and O–H groups in total. The summed E-state index contributed by atoms with van der Waals surface area (Å²) in [7, 11) is 0. The molecule has 3 heteroatoms. The van der Waals surface area contributed by atoms with Gasteiger partial charge in [-0.05, 0) is 41.0 Å². The van der Waals surface area contributed by atoms with Crippen LogP contribution < -0.4 is 0 Å². The Labute approximate surface area is 134 Å². The molecular formula is C20H16O3. The van der Waals surface area contributed by atoms with Crippen molar-refractivity contribution >= 4 is 6.29 Å². The minimum atomic E-state index is 0.139. The first-order valence-corrected chi connectivity index (χ1v) is 7.31. The summed E-state index contributed by atoms with van der Waals surface area (Å²) < 4.78 is 0. The van der Waals surface area contributed by atoms with Gasteiger partial charge >= 0.3 is 0 Å². The number of phenols is 2. The molecule has 0 spiro atoms. The van der Waals surface area contributed by atoms with Gasteiger partial charge in [0, 0.05) is 17.5 Å². The second-order valence-electron chi connectivity index (χ2n) is 5.43. The van der Waals surface area contributed by atoms with Crippen LogP contribution in [0.25, 0.3) is 11.1 Å². The maximum Gasteiger partial charge on any atom is 0.150 e. The Kier molecular flexibility index (Phi) is 4.11. The molecule has 3 rings (SSSR count). The van der Waals surface area contributed by atoms with Crippen LogP contribution in [0.5, 0.6) is 11.5 Å². The fourth-order valence-electron chi connectivity index (χ4n) is 2.54. The highest BCUT2D eigenvalue weighted by Crippen LogP contribution is 2.26. The van der Waals surface area contributed by atoms with Gasteiger partial charge in [-0.1, -0.05) is 42.5 Å². The van der Waals surface area contributed by atoms with E-state index in [0.717, 1.165) is 23.0 Å². The second kappa shape index (κ2) is 6.36. The van der Waals surface area contributed by atoms with E-state index in [1.54, 1.807) is 12.1 Å². The molecule has 0 fully saturated rings. The third-order valence-electron chi connectivity index (χ3n) is 3.77. The smallest absolute Gasteiger partial charge is 0.150 e. The van der Waals surface area contributed by atoms with Crippen LogP contribution in [-0.4, -0.2) is 16.5 Å². The molecular weight excluding hydrogens is 288 g/mol. The molecule has 0 aliphatic carbocycles. The molecule has 23 heavy (non-hydrogen) atoms. The van der Waals surface area contributed by atoms with Gasteiger partial charge in [0.2, 0.25) is 0 Å². The molecule has 3 nitrogen and oxygen atoms in total. The number of carbonyl (C=O) groups excluding carboxylic acids is 1. The number of hydrogen-bond donors (Lipinski definition) is 2. The van der Waals surface area contributed by atoms with Crippen LogP contribution in [0.4, 0.5) is 0 Å². The van der Waals surface area contributed by atoms with Crippen LogP contribution in [0.3, 0.4) is 0 Å². The third-order valence-corrected chi connectivity index (χ3v) is 3.77. The molecule has 0 saturated carbocycles. The van der Waals surface area contributed by atoms with E-state index in [1.807, 2.05) is 42.5 Å². The lowest BCUT2D eigenvalue weighted by molar-refractivity contribution is 0.112. The molecule has 3 aromatic rings. The van der Waals surface area contributed by atoms with Crippen molar-refractivity contribution in [3.05, 3.63) is 83.4 Å². The molecule has 114 valence electrons. The molecule has 0 atom stereocenters. The first kappa shape index (κ1) is 14.9. The molecule has 0 aliphatic heterocycles. The Morgan fingerprint density at radius 1 is 0.826 bits per heavy atom. The van der Waals surface area contributed by atoms with Crippen molar-refractivity contribution in [2.45, 2.75) is 6.42 Å². The minimum Gasteiger partial charge on any atom is -0.508 e. The monoisotopic (exact) mass is 304 g/mol. The summed E-state index contributed by atoms with van der Waals surface area (Å²) in [6.45, 7) is 0. The summed E-state index contributed by atoms with van der Waals surface area (Å²) >= 11 is 0. The molecule has 0 unspecified atom stereocenters. The molecule has 0 bridgehead atoms. The normalized spacial score (nSPS) is 10.4. The number of benzene rings is 3. The number of aldehydes is 1. The van der Waals surface area contributed by atoms with E-state index in [2.05, 4.69) is 0 Å². The van der Waals surface area contributed by atoms with Crippen molar-refractivity contribution in [1.29, 1.82) is 0 Å². The predicted octanol–water partition coefficient (Wildman–Crippen LogP) is 4.17. The topological polar surface area (TPSA) is 57.5 Å². The van der Waals surface area contributed by atoms with E-state index in [1.165, 1.54) is 12.1 Å². The number of aromatic hydroxyl groups is 2. The number of hydrogen-bond acceptors (Lipinski definition) is 3. The predicted molar refractivity (Wildman–Crippen MR) is 89.8 cm³/mol. The van der Waals surface area contributed by atoms with Gasteiger partial charge in [-0.15, -0.1) is 0 Å². The summed E-state index contributed by atoms with van der Waals surface area (Å²) in [5, 5.41) is 19.4. The fourth-order valence-corrected chi connectivity index (χ4v) is 2.54. The van der Waals surface area contributed by atoms with Crippen LogP contribution in [-0.2, 0) is 6.42 Å². The van der Waals surface area contributed by atoms with E-state index in [4.69, 9.17) is 0 Å². The van der Waals surface area contributed by atoms with Crippen LogP contribution in [0.1, 0.15) is 21.5 Å². The van der Waals surface area contributed by atoms with Crippen molar-refractivity contribution in [1.82, 2.24) is 0 Å². The minimum absolute atomic E-state index is 0.139. The Hall–Kier alpha value is -3.07. The Bertz CT molecular complexity index is 836. The molecule has 0 heterocycles. The Morgan fingerprint density at radius 2 is 1.61 bits per heavy atom. The van der Waals surface area contributed by atoms with Gasteiger partial charge in [0.25, 0.3) is 0 Å². The number of phenolic OH excluding ortho intramolecular Hbond substituents is 2. The van der Waals surface area contributed by atoms with Crippen molar-refractivity contribution in [3.8, 4) is 22.6 Å². The second-order valence-corrected chi connectivity index (χ2v) is 5.43. The van der Waals surface area contributed by atoms with E-state index >= 15 is 0 Å². The third kappa shape index (κ3) is 3.40. The van der Waals surface area contributed by atoms with E-state index in [-0.39, 0.29) is 11.5 Å². The molecule has 0 aliphatic rings.